The van der Waals surface area contributed by atoms with Gasteiger partial charge in [0, 0.05) is 19.0 Å². The molecule has 0 spiro atoms. The van der Waals surface area contributed by atoms with E-state index in [1.54, 1.807) is 0 Å². The van der Waals surface area contributed by atoms with Gasteiger partial charge in [0.05, 0.1) is 0 Å². The van der Waals surface area contributed by atoms with E-state index in [4.69, 9.17) is 12.2 Å². The first-order valence-electron chi connectivity index (χ1n) is 5.15. The fourth-order valence-corrected chi connectivity index (χ4v) is 1.86. The fraction of sp³-hybridized carbons (Fsp3) is 0.818. The molecule has 0 aromatic carbocycles. The Balaban J connectivity index is 2.18. The molecule has 0 amide bonds. The van der Waals surface area contributed by atoms with E-state index in [1.165, 1.54) is 0 Å². The van der Waals surface area contributed by atoms with Gasteiger partial charge in [-0.2, -0.15) is 0 Å². The molecule has 1 aliphatic heterocycles. The number of terminal acetylenes is 1. The first kappa shape index (κ1) is 10.6. The molecule has 2 atom stereocenters. The number of hydrogen-bond acceptors (Lipinski definition) is 2. The van der Waals surface area contributed by atoms with Crippen molar-refractivity contribution in [2.24, 2.45) is 11.7 Å². The summed E-state index contributed by atoms with van der Waals surface area (Å²) >= 11 is 0. The summed E-state index contributed by atoms with van der Waals surface area (Å²) in [5.74, 6) is 3.31. The topological polar surface area (TPSA) is 29.3 Å². The van der Waals surface area contributed by atoms with Gasteiger partial charge < -0.3 is 10.6 Å². The van der Waals surface area contributed by atoms with Crippen LogP contribution in [-0.2, 0) is 0 Å². The Hall–Kier alpha value is -0.520. The lowest BCUT2D eigenvalue weighted by molar-refractivity contribution is 0.164. The Morgan fingerprint density at radius 2 is 2.38 bits per heavy atom. The highest BCUT2D eigenvalue weighted by Gasteiger charge is 2.22. The van der Waals surface area contributed by atoms with E-state index in [1.807, 2.05) is 0 Å². The van der Waals surface area contributed by atoms with E-state index in [-0.39, 0.29) is 0 Å². The van der Waals surface area contributed by atoms with Crippen molar-refractivity contribution in [3.05, 3.63) is 0 Å². The summed E-state index contributed by atoms with van der Waals surface area (Å²) in [5, 5.41) is 0. The molecule has 13 heavy (non-hydrogen) atoms. The molecule has 2 heteroatoms. The zero-order valence-electron chi connectivity index (χ0n) is 8.50. The van der Waals surface area contributed by atoms with Crippen LogP contribution in [0.5, 0.6) is 0 Å². The van der Waals surface area contributed by atoms with Gasteiger partial charge in [0.25, 0.3) is 0 Å². The second-order valence-corrected chi connectivity index (χ2v) is 4.04. The molecule has 2 nitrogen and oxygen atoms in total. The van der Waals surface area contributed by atoms with Crippen molar-refractivity contribution in [2.45, 2.75) is 32.2 Å². The molecule has 1 heterocycles. The van der Waals surface area contributed by atoms with E-state index in [2.05, 4.69) is 17.7 Å². The lowest BCUT2D eigenvalue weighted by Gasteiger charge is -2.34. The molecule has 2 N–H and O–H groups in total. The quantitative estimate of drug-likeness (QED) is 0.520. The van der Waals surface area contributed by atoms with Crippen molar-refractivity contribution in [3.63, 3.8) is 0 Å². The van der Waals surface area contributed by atoms with Crippen molar-refractivity contribution in [1.82, 2.24) is 4.90 Å². The largest absolute Gasteiger partial charge is 0.327 e. The molecule has 1 saturated heterocycles. The third-order valence-corrected chi connectivity index (χ3v) is 2.85. The van der Waals surface area contributed by atoms with Crippen LogP contribution in [0.3, 0.4) is 0 Å². The summed E-state index contributed by atoms with van der Waals surface area (Å²) in [7, 11) is 0. The van der Waals surface area contributed by atoms with Crippen molar-refractivity contribution < 1.29 is 0 Å². The molecular weight excluding hydrogens is 160 g/mol. The summed E-state index contributed by atoms with van der Waals surface area (Å²) in [4.78, 5) is 2.48. The number of unbranched alkanes of at least 4 members (excludes halogenated alkanes) is 1. The summed E-state index contributed by atoms with van der Waals surface area (Å²) in [5.41, 5.74) is 5.94. The van der Waals surface area contributed by atoms with E-state index < -0.39 is 0 Å². The predicted octanol–water partition coefficient (Wildman–Crippen LogP) is 1.07. The third-order valence-electron chi connectivity index (χ3n) is 2.85. The summed E-state index contributed by atoms with van der Waals surface area (Å²) in [6, 6.07) is 0.406. The van der Waals surface area contributed by atoms with Gasteiger partial charge in [-0.05, 0) is 31.8 Å². The first-order valence-corrected chi connectivity index (χ1v) is 5.15. The van der Waals surface area contributed by atoms with E-state index in [0.29, 0.717) is 12.0 Å². The van der Waals surface area contributed by atoms with Gasteiger partial charge in [-0.15, -0.1) is 12.3 Å². The molecule has 1 aliphatic rings. The minimum atomic E-state index is 0.406. The van der Waals surface area contributed by atoms with Crippen molar-refractivity contribution in [1.29, 1.82) is 0 Å². The van der Waals surface area contributed by atoms with Gasteiger partial charge in [-0.3, -0.25) is 0 Å². The maximum Gasteiger partial charge on any atom is 0.00982 e. The second kappa shape index (κ2) is 5.26. The molecule has 0 radical (unpaired) electrons. The van der Waals surface area contributed by atoms with Gasteiger partial charge >= 0.3 is 0 Å². The van der Waals surface area contributed by atoms with Crippen LogP contribution in [-0.4, -0.2) is 30.6 Å². The molecule has 74 valence electrons. The first-order chi connectivity index (χ1) is 6.24. The Bertz CT molecular complexity index is 183. The number of nitrogens with zero attached hydrogens (tertiary/aromatic N) is 1. The molecule has 0 bridgehead atoms. The number of piperidine rings is 1. The van der Waals surface area contributed by atoms with Crippen LogP contribution in [0.4, 0.5) is 0 Å². The van der Waals surface area contributed by atoms with E-state index in [0.717, 1.165) is 38.9 Å². The molecular formula is C11H20N2. The van der Waals surface area contributed by atoms with E-state index >= 15 is 0 Å². The molecule has 0 aromatic rings. The average Bonchev–Trinajstić information content (AvgIpc) is 2.12. The maximum atomic E-state index is 5.94. The summed E-state index contributed by atoms with van der Waals surface area (Å²) < 4.78 is 0. The lowest BCUT2D eigenvalue weighted by atomic mass is 9.95. The van der Waals surface area contributed by atoms with Gasteiger partial charge in [0.1, 0.15) is 0 Å². The van der Waals surface area contributed by atoms with Gasteiger partial charge in [0.2, 0.25) is 0 Å². The monoisotopic (exact) mass is 180 g/mol. The second-order valence-electron chi connectivity index (χ2n) is 4.04. The average molecular weight is 180 g/mol. The number of rotatable bonds is 3. The normalized spacial score (nSPS) is 29.9. The highest BCUT2D eigenvalue weighted by atomic mass is 15.1. The van der Waals surface area contributed by atoms with Crippen LogP contribution in [0.1, 0.15) is 26.2 Å². The molecule has 0 aromatic heterocycles. The van der Waals surface area contributed by atoms with Crippen LogP contribution < -0.4 is 5.73 Å². The zero-order valence-corrected chi connectivity index (χ0v) is 8.50. The van der Waals surface area contributed by atoms with Gasteiger partial charge in [0.15, 0.2) is 0 Å². The number of nitrogens with two attached hydrogens (primary N) is 1. The highest BCUT2D eigenvalue weighted by Crippen LogP contribution is 2.14. The Morgan fingerprint density at radius 3 is 3.00 bits per heavy atom. The van der Waals surface area contributed by atoms with Crippen LogP contribution in [0.15, 0.2) is 0 Å². The number of likely N-dealkylation sites (tertiary alicyclic amines) is 1. The fourth-order valence-electron chi connectivity index (χ4n) is 1.86. The van der Waals surface area contributed by atoms with Crippen LogP contribution in [0.2, 0.25) is 0 Å². The van der Waals surface area contributed by atoms with Crippen molar-refractivity contribution in [2.75, 3.05) is 19.6 Å². The predicted molar refractivity (Wildman–Crippen MR) is 56.3 cm³/mol. The van der Waals surface area contributed by atoms with Crippen LogP contribution in [0.25, 0.3) is 0 Å². The molecule has 1 rings (SSSR count). The van der Waals surface area contributed by atoms with Crippen LogP contribution in [0, 0.1) is 18.3 Å². The zero-order chi connectivity index (χ0) is 9.68. The third kappa shape index (κ3) is 3.38. The lowest BCUT2D eigenvalue weighted by Crippen LogP contribution is -2.46. The maximum absolute atomic E-state index is 5.94. The van der Waals surface area contributed by atoms with Crippen molar-refractivity contribution in [3.8, 4) is 12.3 Å². The standard InChI is InChI=1S/C11H20N2/c1-3-4-5-7-13-8-6-11(12)10(2)9-13/h1,10-11H,4-9,12H2,2H3. The van der Waals surface area contributed by atoms with Gasteiger partial charge in [-0.1, -0.05) is 6.92 Å². The smallest absolute Gasteiger partial charge is 0.00982 e. The van der Waals surface area contributed by atoms with Crippen molar-refractivity contribution >= 4 is 0 Å². The number of hydrogen-bond donors (Lipinski definition) is 1. The molecule has 1 fully saturated rings. The SMILES string of the molecule is C#CCCCN1CCC(N)C(C)C1. The Labute approximate surface area is 81.5 Å². The highest BCUT2D eigenvalue weighted by molar-refractivity contribution is 4.85. The Kier molecular flexibility index (Phi) is 4.27. The molecule has 0 aliphatic carbocycles. The summed E-state index contributed by atoms with van der Waals surface area (Å²) in [6.45, 7) is 5.67. The molecule has 2 unspecified atom stereocenters. The Morgan fingerprint density at radius 1 is 1.62 bits per heavy atom. The van der Waals surface area contributed by atoms with E-state index in [9.17, 15) is 0 Å². The minimum Gasteiger partial charge on any atom is -0.327 e. The summed E-state index contributed by atoms with van der Waals surface area (Å²) in [6.07, 6.45) is 8.36. The van der Waals surface area contributed by atoms with Gasteiger partial charge in [-0.25, -0.2) is 0 Å². The molecule has 0 saturated carbocycles. The van der Waals surface area contributed by atoms with Crippen LogP contribution >= 0.6 is 0 Å². The minimum absolute atomic E-state index is 0.406.